The van der Waals surface area contributed by atoms with E-state index in [1.165, 1.54) is 15.9 Å². The Morgan fingerprint density at radius 2 is 2.19 bits per heavy atom. The molecule has 0 bridgehead atoms. The van der Waals surface area contributed by atoms with Crippen molar-refractivity contribution in [1.29, 1.82) is 0 Å². The zero-order chi connectivity index (χ0) is 17.7. The minimum atomic E-state index is -0.0627. The summed E-state index contributed by atoms with van der Waals surface area (Å²) in [6.45, 7) is 0. The van der Waals surface area contributed by atoms with Gasteiger partial charge in [0.05, 0.1) is 7.05 Å². The largest absolute Gasteiger partial charge is 0.339 e. The van der Waals surface area contributed by atoms with Crippen molar-refractivity contribution in [2.24, 2.45) is 7.05 Å². The number of rotatable bonds is 5. The van der Waals surface area contributed by atoms with Crippen molar-refractivity contribution >= 4 is 5.78 Å². The molecule has 0 aliphatic heterocycles. The molecule has 2 heterocycles. The Bertz CT molecular complexity index is 987. The van der Waals surface area contributed by atoms with Crippen LogP contribution in [0, 0.1) is 0 Å². The van der Waals surface area contributed by atoms with E-state index in [0.29, 0.717) is 18.2 Å². The van der Waals surface area contributed by atoms with Gasteiger partial charge in [-0.05, 0) is 54.0 Å². The predicted molar refractivity (Wildman–Crippen MR) is 90.5 cm³/mol. The average Bonchev–Trinajstić information content (AvgIpc) is 3.06. The first-order valence-electron chi connectivity index (χ1n) is 8.91. The van der Waals surface area contributed by atoms with E-state index >= 15 is 0 Å². The van der Waals surface area contributed by atoms with Gasteiger partial charge >= 0.3 is 0 Å². The summed E-state index contributed by atoms with van der Waals surface area (Å²) in [7, 11) is 1.66. The Morgan fingerprint density at radius 3 is 2.96 bits per heavy atom. The van der Waals surface area contributed by atoms with Gasteiger partial charge in [0.15, 0.2) is 0 Å². The fraction of sp³-hybridized carbons (Fsp3) is 0.444. The number of benzene rings is 1. The van der Waals surface area contributed by atoms with Crippen LogP contribution in [0.4, 0.5) is 0 Å². The van der Waals surface area contributed by atoms with Gasteiger partial charge in [0.1, 0.15) is 0 Å². The van der Waals surface area contributed by atoms with Crippen molar-refractivity contribution < 1.29 is 9.32 Å². The van der Waals surface area contributed by atoms with Crippen molar-refractivity contribution in [2.75, 3.05) is 0 Å². The molecule has 132 valence electrons. The van der Waals surface area contributed by atoms with Crippen LogP contribution in [-0.4, -0.2) is 36.1 Å². The number of aryl methyl sites for hydroxylation is 2. The molecule has 1 fully saturated rings. The maximum Gasteiger partial charge on any atom is 0.240 e. The van der Waals surface area contributed by atoms with E-state index in [2.05, 4.69) is 37.7 Å². The molecule has 5 rings (SSSR count). The number of carbonyl (C=O) groups is 1. The number of carbonyl (C=O) groups excluding carboxylic acids is 1. The standard InChI is InChI=1S/C18H18N6O2/c1-24-21-17(20-23-24)15(25)9-12-5-4-11-8-13(6-7-14(11)12)16-19-18(26-22-16)10-2-3-10/h6-8,10,12H,2-5,9H2,1H3/t12-/m0/s1. The molecule has 8 nitrogen and oxygen atoms in total. The van der Waals surface area contributed by atoms with E-state index in [1.807, 2.05) is 6.07 Å². The SMILES string of the molecule is Cn1nnc(C(=O)C[C@@H]2CCc3cc(-c4noc(C5CC5)n4)ccc32)n1. The van der Waals surface area contributed by atoms with Crippen LogP contribution in [0.1, 0.15) is 65.2 Å². The second-order valence-corrected chi connectivity index (χ2v) is 7.11. The Kier molecular flexibility index (Phi) is 3.44. The zero-order valence-electron chi connectivity index (χ0n) is 14.4. The minimum Gasteiger partial charge on any atom is -0.339 e. The summed E-state index contributed by atoms with van der Waals surface area (Å²) in [6.07, 6.45) is 4.59. The highest BCUT2D eigenvalue weighted by molar-refractivity contribution is 5.92. The summed E-state index contributed by atoms with van der Waals surface area (Å²) < 4.78 is 5.36. The smallest absolute Gasteiger partial charge is 0.240 e. The number of aromatic nitrogens is 6. The lowest BCUT2D eigenvalue weighted by Gasteiger charge is -2.09. The second-order valence-electron chi connectivity index (χ2n) is 7.11. The van der Waals surface area contributed by atoms with E-state index in [-0.39, 0.29) is 17.5 Å². The molecule has 0 N–H and O–H groups in total. The van der Waals surface area contributed by atoms with Crippen LogP contribution in [0.25, 0.3) is 11.4 Å². The van der Waals surface area contributed by atoms with Crippen LogP contribution in [-0.2, 0) is 13.5 Å². The number of hydrogen-bond acceptors (Lipinski definition) is 7. The Morgan fingerprint density at radius 1 is 1.31 bits per heavy atom. The average molecular weight is 350 g/mol. The molecule has 2 aliphatic carbocycles. The van der Waals surface area contributed by atoms with Crippen LogP contribution in [0.15, 0.2) is 22.7 Å². The third kappa shape index (κ3) is 2.71. The van der Waals surface area contributed by atoms with Crippen LogP contribution < -0.4 is 0 Å². The van der Waals surface area contributed by atoms with Crippen molar-refractivity contribution in [3.05, 3.63) is 41.0 Å². The normalized spacial score (nSPS) is 18.9. The summed E-state index contributed by atoms with van der Waals surface area (Å²) in [4.78, 5) is 18.2. The molecule has 0 radical (unpaired) electrons. The number of ketones is 1. The monoisotopic (exact) mass is 350 g/mol. The van der Waals surface area contributed by atoms with Gasteiger partial charge in [-0.3, -0.25) is 4.79 Å². The first-order valence-corrected chi connectivity index (χ1v) is 8.91. The van der Waals surface area contributed by atoms with Crippen LogP contribution in [0.3, 0.4) is 0 Å². The van der Waals surface area contributed by atoms with E-state index in [9.17, 15) is 4.79 Å². The summed E-state index contributed by atoms with van der Waals surface area (Å²) in [6, 6.07) is 6.23. The highest BCUT2D eigenvalue weighted by Crippen LogP contribution is 2.40. The van der Waals surface area contributed by atoms with Gasteiger partial charge < -0.3 is 4.52 Å². The Hall–Kier alpha value is -2.90. The number of Topliss-reactive ketones (excluding diaryl/α,β-unsaturated/α-hetero) is 1. The topological polar surface area (TPSA) is 99.6 Å². The molecule has 3 aromatic rings. The minimum absolute atomic E-state index is 0.0627. The Labute approximate surface area is 149 Å². The molecule has 26 heavy (non-hydrogen) atoms. The van der Waals surface area contributed by atoms with E-state index < -0.39 is 0 Å². The molecular weight excluding hydrogens is 332 g/mol. The first kappa shape index (κ1) is 15.4. The van der Waals surface area contributed by atoms with Crippen molar-refractivity contribution in [3.8, 4) is 11.4 Å². The van der Waals surface area contributed by atoms with Crippen LogP contribution in [0.5, 0.6) is 0 Å². The molecule has 1 aromatic carbocycles. The molecule has 1 saturated carbocycles. The predicted octanol–water partition coefficient (Wildman–Crippen LogP) is 2.44. The molecule has 0 amide bonds. The molecule has 1 atom stereocenters. The van der Waals surface area contributed by atoms with E-state index in [0.717, 1.165) is 37.1 Å². The van der Waals surface area contributed by atoms with Crippen LogP contribution in [0.2, 0.25) is 0 Å². The fourth-order valence-corrected chi connectivity index (χ4v) is 3.62. The summed E-state index contributed by atoms with van der Waals surface area (Å²) in [5.74, 6) is 2.18. The maximum absolute atomic E-state index is 12.4. The molecule has 0 saturated heterocycles. The van der Waals surface area contributed by atoms with Gasteiger partial charge in [-0.2, -0.15) is 9.78 Å². The molecule has 0 spiro atoms. The molecule has 2 aromatic heterocycles. The first-order chi connectivity index (χ1) is 12.7. The third-order valence-electron chi connectivity index (χ3n) is 5.16. The number of hydrogen-bond donors (Lipinski definition) is 0. The van der Waals surface area contributed by atoms with Crippen LogP contribution >= 0.6 is 0 Å². The van der Waals surface area contributed by atoms with E-state index in [4.69, 9.17) is 4.52 Å². The second kappa shape index (κ2) is 5.82. The summed E-state index contributed by atoms with van der Waals surface area (Å²) in [5, 5.41) is 15.7. The molecular formula is C18H18N6O2. The quantitative estimate of drug-likeness (QED) is 0.652. The molecule has 8 heteroatoms. The zero-order valence-corrected chi connectivity index (χ0v) is 14.4. The number of tetrazole rings is 1. The van der Waals surface area contributed by atoms with Crippen molar-refractivity contribution in [2.45, 2.75) is 43.9 Å². The third-order valence-corrected chi connectivity index (χ3v) is 5.16. The lowest BCUT2D eigenvalue weighted by Crippen LogP contribution is -2.08. The highest BCUT2D eigenvalue weighted by Gasteiger charge is 2.30. The number of fused-ring (bicyclic) bond motifs is 1. The van der Waals surface area contributed by atoms with Gasteiger partial charge in [-0.15, -0.1) is 10.2 Å². The highest BCUT2D eigenvalue weighted by atomic mass is 16.5. The van der Waals surface area contributed by atoms with E-state index in [1.54, 1.807) is 7.05 Å². The fourth-order valence-electron chi connectivity index (χ4n) is 3.62. The lowest BCUT2D eigenvalue weighted by molar-refractivity contribution is 0.0963. The molecule has 2 aliphatic rings. The number of nitrogens with zero attached hydrogens (tertiary/aromatic N) is 6. The maximum atomic E-state index is 12.4. The summed E-state index contributed by atoms with van der Waals surface area (Å²) >= 11 is 0. The van der Waals surface area contributed by atoms with Crippen molar-refractivity contribution in [3.63, 3.8) is 0 Å². The van der Waals surface area contributed by atoms with Gasteiger partial charge in [0.2, 0.25) is 23.3 Å². The molecule has 0 unspecified atom stereocenters. The van der Waals surface area contributed by atoms with Gasteiger partial charge in [-0.1, -0.05) is 17.3 Å². The lowest BCUT2D eigenvalue weighted by atomic mass is 9.94. The summed E-state index contributed by atoms with van der Waals surface area (Å²) in [5.41, 5.74) is 3.45. The van der Waals surface area contributed by atoms with Crippen molar-refractivity contribution in [1.82, 2.24) is 30.3 Å². The van der Waals surface area contributed by atoms with Gasteiger partial charge in [0, 0.05) is 17.9 Å². The Balaban J connectivity index is 1.35. The van der Waals surface area contributed by atoms with Gasteiger partial charge in [0.25, 0.3) is 0 Å². The van der Waals surface area contributed by atoms with Gasteiger partial charge in [-0.25, -0.2) is 0 Å².